The molecule has 2 rings (SSSR count). The van der Waals surface area contributed by atoms with Gasteiger partial charge in [-0.1, -0.05) is 17.7 Å². The molecule has 0 aliphatic rings. The Balaban J connectivity index is 2.45. The van der Waals surface area contributed by atoms with Crippen molar-refractivity contribution in [2.45, 2.75) is 6.92 Å². The van der Waals surface area contributed by atoms with Crippen molar-refractivity contribution in [2.75, 3.05) is 19.0 Å². The number of rotatable bonds is 2. The van der Waals surface area contributed by atoms with E-state index in [-0.39, 0.29) is 0 Å². The maximum atomic E-state index is 4.05. The first-order valence-electron chi connectivity index (χ1n) is 4.83. The predicted octanol–water partition coefficient (Wildman–Crippen LogP) is 1.64. The number of nitrogens with zero attached hydrogens (tertiary/aromatic N) is 4. The molecule has 0 bridgehead atoms. The highest BCUT2D eigenvalue weighted by Gasteiger charge is 2.06. The summed E-state index contributed by atoms with van der Waals surface area (Å²) in [5, 5.41) is 7.97. The van der Waals surface area contributed by atoms with Crippen LogP contribution >= 0.6 is 0 Å². The predicted molar refractivity (Wildman–Crippen MR) is 60.4 cm³/mol. The van der Waals surface area contributed by atoms with Crippen LogP contribution in [0.25, 0.3) is 5.69 Å². The minimum Gasteiger partial charge on any atom is -0.347 e. The third kappa shape index (κ3) is 1.83. The molecule has 0 saturated carbocycles. The highest BCUT2D eigenvalue weighted by Crippen LogP contribution is 2.15. The third-order valence-electron chi connectivity index (χ3n) is 2.24. The van der Waals surface area contributed by atoms with E-state index in [4.69, 9.17) is 0 Å². The van der Waals surface area contributed by atoms with Crippen molar-refractivity contribution in [3.05, 3.63) is 36.2 Å². The molecule has 1 aromatic heterocycles. The minimum absolute atomic E-state index is 0.832. The lowest BCUT2D eigenvalue weighted by Gasteiger charge is -2.12. The molecule has 0 radical (unpaired) electrons. The molecular weight excluding hydrogens is 188 g/mol. The van der Waals surface area contributed by atoms with Crippen molar-refractivity contribution in [3.8, 4) is 5.69 Å². The molecule has 78 valence electrons. The Labute approximate surface area is 89.2 Å². The molecule has 0 fully saturated rings. The number of aryl methyl sites for hydroxylation is 1. The van der Waals surface area contributed by atoms with Crippen molar-refractivity contribution in [1.82, 2.24) is 14.8 Å². The van der Waals surface area contributed by atoms with Crippen molar-refractivity contribution >= 4 is 5.95 Å². The summed E-state index contributed by atoms with van der Waals surface area (Å²) in [5.41, 5.74) is 2.33. The van der Waals surface area contributed by atoms with Crippen LogP contribution in [0, 0.1) is 6.92 Å². The van der Waals surface area contributed by atoms with E-state index >= 15 is 0 Å². The largest absolute Gasteiger partial charge is 0.347 e. The first-order valence-corrected chi connectivity index (χ1v) is 4.83. The molecule has 0 unspecified atom stereocenters. The molecule has 1 heterocycles. The zero-order valence-electron chi connectivity index (χ0n) is 9.18. The normalized spacial score (nSPS) is 10.3. The van der Waals surface area contributed by atoms with Crippen LogP contribution < -0.4 is 4.90 Å². The fourth-order valence-electron chi connectivity index (χ4n) is 1.42. The second kappa shape index (κ2) is 3.73. The van der Waals surface area contributed by atoms with Gasteiger partial charge in [0.25, 0.3) is 0 Å². The van der Waals surface area contributed by atoms with Crippen LogP contribution in [0.3, 0.4) is 0 Å². The summed E-state index contributed by atoms with van der Waals surface area (Å²) in [6, 6.07) is 8.28. The Kier molecular flexibility index (Phi) is 2.41. The van der Waals surface area contributed by atoms with E-state index in [2.05, 4.69) is 41.4 Å². The summed E-state index contributed by atoms with van der Waals surface area (Å²) in [6.45, 7) is 2.07. The van der Waals surface area contributed by atoms with Crippen LogP contribution in [0.15, 0.2) is 30.6 Å². The molecule has 15 heavy (non-hydrogen) atoms. The molecule has 1 aromatic carbocycles. The fraction of sp³-hybridized carbons (Fsp3) is 0.273. The molecule has 0 aliphatic heterocycles. The first-order chi connectivity index (χ1) is 7.18. The van der Waals surface area contributed by atoms with Gasteiger partial charge in [0.05, 0.1) is 5.69 Å². The van der Waals surface area contributed by atoms with Crippen molar-refractivity contribution < 1.29 is 0 Å². The Hall–Kier alpha value is -1.84. The molecule has 4 nitrogen and oxygen atoms in total. The highest BCUT2D eigenvalue weighted by atomic mass is 15.4. The number of hydrogen-bond donors (Lipinski definition) is 0. The van der Waals surface area contributed by atoms with Crippen LogP contribution in [-0.4, -0.2) is 28.9 Å². The van der Waals surface area contributed by atoms with Crippen LogP contribution in [0.1, 0.15) is 5.56 Å². The van der Waals surface area contributed by atoms with E-state index in [1.54, 1.807) is 6.33 Å². The zero-order chi connectivity index (χ0) is 10.8. The van der Waals surface area contributed by atoms with Gasteiger partial charge in [-0.05, 0) is 19.1 Å². The minimum atomic E-state index is 0.832. The monoisotopic (exact) mass is 202 g/mol. The quantitative estimate of drug-likeness (QED) is 0.742. The lowest BCUT2D eigenvalue weighted by Crippen LogP contribution is -2.14. The van der Waals surface area contributed by atoms with E-state index in [0.717, 1.165) is 11.6 Å². The molecule has 0 atom stereocenters. The van der Waals surface area contributed by atoms with Crippen molar-refractivity contribution in [3.63, 3.8) is 0 Å². The lowest BCUT2D eigenvalue weighted by atomic mass is 10.2. The van der Waals surface area contributed by atoms with E-state index < -0.39 is 0 Å². The molecule has 0 spiro atoms. The summed E-state index contributed by atoms with van der Waals surface area (Å²) in [6.07, 6.45) is 1.72. The van der Waals surface area contributed by atoms with E-state index in [1.165, 1.54) is 5.56 Å². The summed E-state index contributed by atoms with van der Waals surface area (Å²) in [4.78, 5) is 1.94. The number of hydrogen-bond acceptors (Lipinski definition) is 3. The molecule has 2 aromatic rings. The maximum Gasteiger partial charge on any atom is 0.231 e. The molecule has 4 heteroatoms. The highest BCUT2D eigenvalue weighted by molar-refractivity contribution is 5.42. The van der Waals surface area contributed by atoms with Gasteiger partial charge in [-0.15, -0.1) is 10.2 Å². The summed E-state index contributed by atoms with van der Waals surface area (Å²) < 4.78 is 1.96. The van der Waals surface area contributed by atoms with Gasteiger partial charge >= 0.3 is 0 Å². The van der Waals surface area contributed by atoms with Gasteiger partial charge in [0.15, 0.2) is 0 Å². The lowest BCUT2D eigenvalue weighted by molar-refractivity contribution is 0.949. The Morgan fingerprint density at radius 2 is 1.80 bits per heavy atom. The molecule has 0 N–H and O–H groups in total. The van der Waals surface area contributed by atoms with E-state index in [1.807, 2.05) is 23.6 Å². The van der Waals surface area contributed by atoms with Crippen molar-refractivity contribution in [2.24, 2.45) is 0 Å². The molecule has 0 amide bonds. The molecule has 0 aliphatic carbocycles. The summed E-state index contributed by atoms with van der Waals surface area (Å²) in [7, 11) is 3.91. The number of benzene rings is 1. The number of anilines is 1. The summed E-state index contributed by atoms with van der Waals surface area (Å²) >= 11 is 0. The molecular formula is C11H14N4. The van der Waals surface area contributed by atoms with Gasteiger partial charge in [0.1, 0.15) is 6.33 Å². The van der Waals surface area contributed by atoms with Gasteiger partial charge in [0, 0.05) is 14.1 Å². The Bertz CT molecular complexity index is 442. The molecule has 0 saturated heterocycles. The van der Waals surface area contributed by atoms with E-state index in [9.17, 15) is 0 Å². The van der Waals surface area contributed by atoms with Gasteiger partial charge in [-0.3, -0.25) is 4.57 Å². The second-order valence-electron chi connectivity index (χ2n) is 3.73. The van der Waals surface area contributed by atoms with Crippen LogP contribution in [0.2, 0.25) is 0 Å². The van der Waals surface area contributed by atoms with E-state index in [0.29, 0.717) is 0 Å². The SMILES string of the molecule is Cc1ccc(-n2cnnc2N(C)C)cc1. The van der Waals surface area contributed by atoms with Gasteiger partial charge in [-0.2, -0.15) is 0 Å². The fourth-order valence-corrected chi connectivity index (χ4v) is 1.42. The van der Waals surface area contributed by atoms with Gasteiger partial charge < -0.3 is 4.90 Å². The van der Waals surface area contributed by atoms with Gasteiger partial charge in [-0.25, -0.2) is 0 Å². The Morgan fingerprint density at radius 1 is 1.13 bits per heavy atom. The zero-order valence-corrected chi connectivity index (χ0v) is 9.18. The topological polar surface area (TPSA) is 34.0 Å². The van der Waals surface area contributed by atoms with Crippen LogP contribution in [-0.2, 0) is 0 Å². The van der Waals surface area contributed by atoms with Gasteiger partial charge in [0.2, 0.25) is 5.95 Å². The first kappa shape index (κ1) is 9.71. The third-order valence-corrected chi connectivity index (χ3v) is 2.24. The van der Waals surface area contributed by atoms with Crippen LogP contribution in [0.4, 0.5) is 5.95 Å². The van der Waals surface area contributed by atoms with Crippen molar-refractivity contribution in [1.29, 1.82) is 0 Å². The summed E-state index contributed by atoms with van der Waals surface area (Å²) in [5.74, 6) is 0.832. The Morgan fingerprint density at radius 3 is 2.40 bits per heavy atom. The van der Waals surface area contributed by atoms with Crippen LogP contribution in [0.5, 0.6) is 0 Å². The average Bonchev–Trinajstić information content (AvgIpc) is 2.67. The smallest absolute Gasteiger partial charge is 0.231 e. The second-order valence-corrected chi connectivity index (χ2v) is 3.73. The maximum absolute atomic E-state index is 4.05. The average molecular weight is 202 g/mol. The standard InChI is InChI=1S/C11H14N4/c1-9-4-6-10(7-5-9)15-8-12-13-11(15)14(2)3/h4-8H,1-3H3. The number of aromatic nitrogens is 3.